The molecule has 0 saturated carbocycles. The topological polar surface area (TPSA) is 23.6 Å². The zero-order valence-corrected chi connectivity index (χ0v) is 11.8. The molecule has 0 N–H and O–H groups in total. The average molecular weight is 244 g/mol. The zero-order chi connectivity index (χ0) is 12.2. The molecule has 2 fully saturated rings. The van der Waals surface area contributed by atoms with Crippen LogP contribution in [0.15, 0.2) is 0 Å². The van der Waals surface area contributed by atoms with Crippen LogP contribution in [0.3, 0.4) is 0 Å². The lowest BCUT2D eigenvalue weighted by atomic mass is 10.0. The van der Waals surface area contributed by atoms with Crippen LogP contribution in [0.2, 0.25) is 0 Å². The number of hydrogen-bond donors (Lipinski definition) is 0. The molecular weight excluding hydrogens is 220 g/mol. The Labute approximate surface area is 104 Å². The summed E-state index contributed by atoms with van der Waals surface area (Å²) in [6.45, 7) is 6.20. The van der Waals surface area contributed by atoms with Crippen molar-refractivity contribution in [2.24, 2.45) is 0 Å². The second-order valence-corrected chi connectivity index (χ2v) is 5.80. The first-order chi connectivity index (χ1) is 7.64. The number of likely N-dealkylation sites (tertiary alicyclic amines) is 1. The van der Waals surface area contributed by atoms with Crippen LogP contribution in [-0.2, 0) is 4.79 Å². The van der Waals surface area contributed by atoms with Crippen LogP contribution in [0.5, 0.6) is 0 Å². The first kappa shape index (κ1) is 13.8. The molecule has 1 spiro atoms. The standard InChI is InChI=1S/C10H18N2OS.C2H6/c1-11-6-3-5-10(8-11)12(2)9(13)4-7-14-10;1-2/h3-8H2,1-2H3;1-2H3. The van der Waals surface area contributed by atoms with Crippen molar-refractivity contribution in [3.8, 4) is 0 Å². The molecule has 1 unspecified atom stereocenters. The number of nitrogens with zero attached hydrogens (tertiary/aromatic N) is 2. The van der Waals surface area contributed by atoms with E-state index in [4.69, 9.17) is 0 Å². The van der Waals surface area contributed by atoms with E-state index in [9.17, 15) is 4.79 Å². The van der Waals surface area contributed by atoms with Crippen LogP contribution in [0, 0.1) is 0 Å². The number of rotatable bonds is 0. The van der Waals surface area contributed by atoms with Gasteiger partial charge in [0.2, 0.25) is 5.91 Å². The highest BCUT2D eigenvalue weighted by Gasteiger charge is 2.43. The van der Waals surface area contributed by atoms with Crippen LogP contribution >= 0.6 is 11.8 Å². The Kier molecular flexibility index (Phi) is 5.12. The van der Waals surface area contributed by atoms with Gasteiger partial charge in [0.1, 0.15) is 4.87 Å². The summed E-state index contributed by atoms with van der Waals surface area (Å²) < 4.78 is 0. The Morgan fingerprint density at radius 1 is 1.31 bits per heavy atom. The van der Waals surface area contributed by atoms with Crippen LogP contribution < -0.4 is 0 Å². The molecule has 2 aliphatic heterocycles. The summed E-state index contributed by atoms with van der Waals surface area (Å²) in [5.41, 5.74) is 0. The van der Waals surface area contributed by atoms with Crippen molar-refractivity contribution < 1.29 is 4.79 Å². The van der Waals surface area contributed by atoms with E-state index < -0.39 is 0 Å². The molecule has 2 aliphatic rings. The van der Waals surface area contributed by atoms with E-state index in [1.807, 2.05) is 37.6 Å². The third-order valence-electron chi connectivity index (χ3n) is 3.30. The third-order valence-corrected chi connectivity index (χ3v) is 4.85. The molecule has 2 saturated heterocycles. The summed E-state index contributed by atoms with van der Waals surface area (Å²) in [5.74, 6) is 1.32. The van der Waals surface area contributed by atoms with Crippen LogP contribution in [0.4, 0.5) is 0 Å². The molecule has 0 bridgehead atoms. The first-order valence-corrected chi connectivity index (χ1v) is 7.22. The van der Waals surface area contributed by atoms with E-state index in [0.717, 1.165) is 18.7 Å². The smallest absolute Gasteiger partial charge is 0.224 e. The van der Waals surface area contributed by atoms with Gasteiger partial charge < -0.3 is 9.80 Å². The summed E-state index contributed by atoms with van der Waals surface area (Å²) in [6.07, 6.45) is 3.08. The maximum absolute atomic E-state index is 11.7. The van der Waals surface area contributed by atoms with Gasteiger partial charge in [-0.25, -0.2) is 0 Å². The largest absolute Gasteiger partial charge is 0.330 e. The average Bonchev–Trinajstić information content (AvgIpc) is 2.29. The zero-order valence-electron chi connectivity index (χ0n) is 11.0. The van der Waals surface area contributed by atoms with Gasteiger partial charge in [0.05, 0.1) is 0 Å². The highest BCUT2D eigenvalue weighted by molar-refractivity contribution is 8.00. The maximum Gasteiger partial charge on any atom is 0.224 e. The molecule has 0 aromatic heterocycles. The van der Waals surface area contributed by atoms with E-state index in [-0.39, 0.29) is 4.87 Å². The van der Waals surface area contributed by atoms with Crippen LogP contribution in [0.1, 0.15) is 33.1 Å². The Morgan fingerprint density at radius 3 is 2.62 bits per heavy atom. The normalized spacial score (nSPS) is 31.2. The molecule has 3 nitrogen and oxygen atoms in total. The lowest BCUT2D eigenvalue weighted by Crippen LogP contribution is -2.58. The lowest BCUT2D eigenvalue weighted by molar-refractivity contribution is -0.134. The molecule has 4 heteroatoms. The predicted molar refractivity (Wildman–Crippen MR) is 70.7 cm³/mol. The highest BCUT2D eigenvalue weighted by Crippen LogP contribution is 2.40. The summed E-state index contributed by atoms with van der Waals surface area (Å²) >= 11 is 1.97. The van der Waals surface area contributed by atoms with Gasteiger partial charge in [-0.2, -0.15) is 0 Å². The molecule has 0 radical (unpaired) electrons. The molecule has 94 valence electrons. The minimum atomic E-state index is 0.0856. The van der Waals surface area contributed by atoms with Gasteiger partial charge >= 0.3 is 0 Å². The Morgan fingerprint density at radius 2 is 2.00 bits per heavy atom. The molecule has 2 heterocycles. The van der Waals surface area contributed by atoms with E-state index in [2.05, 4.69) is 11.9 Å². The first-order valence-electron chi connectivity index (χ1n) is 6.23. The highest BCUT2D eigenvalue weighted by atomic mass is 32.2. The van der Waals surface area contributed by atoms with Crippen molar-refractivity contribution in [2.75, 3.05) is 32.9 Å². The molecular formula is C12H24N2OS. The molecule has 0 aromatic carbocycles. The van der Waals surface area contributed by atoms with Gasteiger partial charge in [0.15, 0.2) is 0 Å². The SMILES string of the molecule is CC.CN1CCCC2(C1)SCCC(=O)N2C. The van der Waals surface area contributed by atoms with Gasteiger partial charge in [-0.1, -0.05) is 13.8 Å². The number of likely N-dealkylation sites (N-methyl/N-ethyl adjacent to an activating group) is 2. The fourth-order valence-electron chi connectivity index (χ4n) is 2.42. The number of carbonyl (C=O) groups is 1. The number of carbonyl (C=O) groups excluding carboxylic acids is 1. The van der Waals surface area contributed by atoms with Crippen molar-refractivity contribution in [2.45, 2.75) is 38.0 Å². The molecule has 1 amide bonds. The van der Waals surface area contributed by atoms with Gasteiger partial charge in [0.25, 0.3) is 0 Å². The van der Waals surface area contributed by atoms with Crippen molar-refractivity contribution in [3.63, 3.8) is 0 Å². The van der Waals surface area contributed by atoms with E-state index in [0.29, 0.717) is 12.3 Å². The maximum atomic E-state index is 11.7. The second kappa shape index (κ2) is 5.92. The van der Waals surface area contributed by atoms with E-state index >= 15 is 0 Å². The number of piperidine rings is 1. The number of amides is 1. The van der Waals surface area contributed by atoms with Crippen LogP contribution in [0.25, 0.3) is 0 Å². The lowest BCUT2D eigenvalue weighted by Gasteiger charge is -2.49. The summed E-state index contributed by atoms with van der Waals surface area (Å²) in [6, 6.07) is 0. The Hall–Kier alpha value is -0.220. The molecule has 1 atom stereocenters. The van der Waals surface area contributed by atoms with E-state index in [1.54, 1.807) is 0 Å². The fourth-order valence-corrected chi connectivity index (χ4v) is 3.97. The molecule has 2 rings (SSSR count). The fraction of sp³-hybridized carbons (Fsp3) is 0.917. The number of hydrogen-bond acceptors (Lipinski definition) is 3. The molecule has 16 heavy (non-hydrogen) atoms. The van der Waals surface area contributed by atoms with Gasteiger partial charge in [-0.05, 0) is 26.4 Å². The Balaban J connectivity index is 0.000000606. The van der Waals surface area contributed by atoms with E-state index in [1.165, 1.54) is 13.0 Å². The van der Waals surface area contributed by atoms with Crippen LogP contribution in [-0.4, -0.2) is 53.5 Å². The molecule has 0 aromatic rings. The van der Waals surface area contributed by atoms with Crippen molar-refractivity contribution in [3.05, 3.63) is 0 Å². The van der Waals surface area contributed by atoms with Gasteiger partial charge in [-0.15, -0.1) is 11.8 Å². The quantitative estimate of drug-likeness (QED) is 0.651. The van der Waals surface area contributed by atoms with Crippen molar-refractivity contribution >= 4 is 17.7 Å². The van der Waals surface area contributed by atoms with Crippen molar-refractivity contribution in [1.82, 2.24) is 9.80 Å². The number of thioether (sulfide) groups is 1. The second-order valence-electron chi connectivity index (χ2n) is 4.34. The predicted octanol–water partition coefficient (Wildman–Crippen LogP) is 2.03. The Bertz CT molecular complexity index is 243. The minimum absolute atomic E-state index is 0.0856. The third kappa shape index (κ3) is 2.72. The van der Waals surface area contributed by atoms with Crippen molar-refractivity contribution in [1.29, 1.82) is 0 Å². The minimum Gasteiger partial charge on any atom is -0.330 e. The van der Waals surface area contributed by atoms with Gasteiger partial charge in [0, 0.05) is 25.8 Å². The monoisotopic (exact) mass is 244 g/mol. The summed E-state index contributed by atoms with van der Waals surface area (Å²) in [4.78, 5) is 16.1. The summed E-state index contributed by atoms with van der Waals surface area (Å²) in [5, 5.41) is 0. The molecule has 0 aliphatic carbocycles. The van der Waals surface area contributed by atoms with Gasteiger partial charge in [-0.3, -0.25) is 4.79 Å². The summed E-state index contributed by atoms with van der Waals surface area (Å²) in [7, 11) is 4.11.